The van der Waals surface area contributed by atoms with Gasteiger partial charge in [-0.2, -0.15) is 0 Å². The van der Waals surface area contributed by atoms with Crippen LogP contribution in [0.1, 0.15) is 28.5 Å². The zero-order valence-corrected chi connectivity index (χ0v) is 17.3. The van der Waals surface area contributed by atoms with Gasteiger partial charge < -0.3 is 21.5 Å². The maximum Gasteiger partial charge on any atom is 0.321 e. The first-order valence-electron chi connectivity index (χ1n) is 9.34. The minimum Gasteiger partial charge on any atom is -0.480 e. The van der Waals surface area contributed by atoms with Gasteiger partial charge in [0.1, 0.15) is 11.8 Å². The normalized spacial score (nSPS) is 20.1. The highest BCUT2D eigenvalue weighted by molar-refractivity contribution is 7.17. The van der Waals surface area contributed by atoms with Gasteiger partial charge in [-0.25, -0.2) is 4.99 Å². The van der Waals surface area contributed by atoms with Gasteiger partial charge in [-0.3, -0.25) is 14.4 Å². The molecule has 1 aromatic carbocycles. The Labute approximate surface area is 181 Å². The topological polar surface area (TPSA) is 134 Å². The highest BCUT2D eigenvalue weighted by Crippen LogP contribution is 2.38. The van der Waals surface area contributed by atoms with Gasteiger partial charge in [-0.05, 0) is 23.6 Å². The number of fused-ring (bicyclic) bond motifs is 2. The molecule has 10 heteroatoms. The molecule has 0 radical (unpaired) electrons. The highest BCUT2D eigenvalue weighted by atomic mass is 35.5. The molecule has 4 rings (SSSR count). The molecular formula is C20H19ClN4O4S. The van der Waals surface area contributed by atoms with Crippen molar-refractivity contribution in [3.05, 3.63) is 50.7 Å². The molecular weight excluding hydrogens is 428 g/mol. The van der Waals surface area contributed by atoms with E-state index < -0.39 is 24.0 Å². The van der Waals surface area contributed by atoms with Crippen LogP contribution in [0.5, 0.6) is 0 Å². The summed E-state index contributed by atoms with van der Waals surface area (Å²) in [5.74, 6) is -2.02. The van der Waals surface area contributed by atoms with E-state index in [1.807, 2.05) is 24.3 Å². The van der Waals surface area contributed by atoms with Crippen LogP contribution in [0.15, 0.2) is 35.3 Å². The van der Waals surface area contributed by atoms with Crippen LogP contribution in [-0.4, -0.2) is 40.7 Å². The molecule has 30 heavy (non-hydrogen) atoms. The molecule has 2 amide bonds. The average molecular weight is 447 g/mol. The summed E-state index contributed by atoms with van der Waals surface area (Å²) >= 11 is 7.38. The molecule has 2 heterocycles. The summed E-state index contributed by atoms with van der Waals surface area (Å²) in [4.78, 5) is 41.4. The number of rotatable bonds is 6. The zero-order chi connectivity index (χ0) is 21.4. The number of thiophene rings is 1. The number of nitrogens with one attached hydrogen (secondary N) is 2. The van der Waals surface area contributed by atoms with Crippen molar-refractivity contribution >= 4 is 52.1 Å². The number of carbonyl (C=O) groups excluding carboxylic acids is 2. The number of aliphatic imine (C=N–C) groups is 1. The predicted octanol–water partition coefficient (Wildman–Crippen LogP) is 1.73. The van der Waals surface area contributed by atoms with Crippen molar-refractivity contribution in [2.75, 3.05) is 0 Å². The van der Waals surface area contributed by atoms with E-state index in [0.29, 0.717) is 22.9 Å². The van der Waals surface area contributed by atoms with E-state index in [0.717, 1.165) is 21.7 Å². The highest BCUT2D eigenvalue weighted by Gasteiger charge is 2.36. The number of carboxylic acids is 1. The fraction of sp³-hybridized carbons (Fsp3) is 0.300. The molecule has 2 aliphatic rings. The standard InChI is InChI=1S/C20H19ClN4O4S/c21-16-8-12-15(30-16)7-14(23-12)19(27)24-13-5-9-3-1-2-4-10(9)18(13)25-17(26)6-11(22)20(28)29/h1-4,8,11,13,18H,5-7,22H2,(H,24,27)(H,25,26)(H,28,29)/t11-,13+,18+/m0/s1. The third kappa shape index (κ3) is 4.09. The smallest absolute Gasteiger partial charge is 0.321 e. The molecule has 0 saturated carbocycles. The summed E-state index contributed by atoms with van der Waals surface area (Å²) in [6.07, 6.45) is 0.615. The number of carbonyl (C=O) groups is 3. The average Bonchev–Trinajstić information content (AvgIpc) is 3.33. The van der Waals surface area contributed by atoms with Crippen LogP contribution in [0.3, 0.4) is 0 Å². The Morgan fingerprint density at radius 1 is 1.30 bits per heavy atom. The number of hydrogen-bond donors (Lipinski definition) is 4. The van der Waals surface area contributed by atoms with E-state index in [2.05, 4.69) is 15.6 Å². The maximum atomic E-state index is 12.8. The van der Waals surface area contributed by atoms with E-state index in [-0.39, 0.29) is 18.4 Å². The second-order valence-electron chi connectivity index (χ2n) is 7.27. The van der Waals surface area contributed by atoms with E-state index in [1.165, 1.54) is 11.3 Å². The summed E-state index contributed by atoms with van der Waals surface area (Å²) in [5.41, 5.74) is 8.49. The molecule has 8 nitrogen and oxygen atoms in total. The lowest BCUT2D eigenvalue weighted by atomic mass is 10.1. The molecule has 1 aliphatic carbocycles. The van der Waals surface area contributed by atoms with Crippen LogP contribution in [0.4, 0.5) is 5.69 Å². The van der Waals surface area contributed by atoms with Crippen LogP contribution >= 0.6 is 22.9 Å². The third-order valence-electron chi connectivity index (χ3n) is 5.19. The van der Waals surface area contributed by atoms with Gasteiger partial charge in [0.25, 0.3) is 5.91 Å². The number of nitrogens with zero attached hydrogens (tertiary/aromatic N) is 1. The molecule has 0 fully saturated rings. The molecule has 156 valence electrons. The first-order chi connectivity index (χ1) is 14.3. The first-order valence-corrected chi connectivity index (χ1v) is 10.5. The number of aliphatic carboxylic acids is 1. The van der Waals surface area contributed by atoms with Gasteiger partial charge >= 0.3 is 5.97 Å². The molecule has 2 aromatic rings. The number of amides is 2. The van der Waals surface area contributed by atoms with E-state index in [4.69, 9.17) is 22.4 Å². The summed E-state index contributed by atoms with van der Waals surface area (Å²) < 4.78 is 0.636. The Kier molecular flexibility index (Phi) is 5.59. The van der Waals surface area contributed by atoms with E-state index >= 15 is 0 Å². The molecule has 0 spiro atoms. The maximum absolute atomic E-state index is 12.8. The molecule has 0 unspecified atom stereocenters. The first kappa shape index (κ1) is 20.5. The van der Waals surface area contributed by atoms with Gasteiger partial charge in [0.05, 0.1) is 28.5 Å². The largest absolute Gasteiger partial charge is 0.480 e. The minimum atomic E-state index is -1.28. The number of benzene rings is 1. The Morgan fingerprint density at radius 2 is 2.07 bits per heavy atom. The molecule has 0 saturated heterocycles. The van der Waals surface area contributed by atoms with Crippen molar-refractivity contribution in [2.45, 2.75) is 37.4 Å². The fourth-order valence-electron chi connectivity index (χ4n) is 3.76. The second kappa shape index (κ2) is 8.17. The van der Waals surface area contributed by atoms with Crippen LogP contribution in [0.25, 0.3) is 0 Å². The van der Waals surface area contributed by atoms with Gasteiger partial charge in [0.2, 0.25) is 5.91 Å². The molecule has 5 N–H and O–H groups in total. The Morgan fingerprint density at radius 3 is 2.80 bits per heavy atom. The molecule has 0 bridgehead atoms. The zero-order valence-electron chi connectivity index (χ0n) is 15.7. The molecule has 1 aliphatic heterocycles. The SMILES string of the molecule is N[C@@H](CC(=O)N[C@@H]1c2ccccc2C[C@H]1NC(=O)C1=Nc2cc(Cl)sc2C1)C(=O)O. The van der Waals surface area contributed by atoms with Crippen molar-refractivity contribution in [3.63, 3.8) is 0 Å². The van der Waals surface area contributed by atoms with E-state index in [1.54, 1.807) is 6.07 Å². The summed E-state index contributed by atoms with van der Waals surface area (Å²) in [5, 5.41) is 14.7. The van der Waals surface area contributed by atoms with E-state index in [9.17, 15) is 14.4 Å². The van der Waals surface area contributed by atoms with Gasteiger partial charge in [0, 0.05) is 11.3 Å². The lowest BCUT2D eigenvalue weighted by Crippen LogP contribution is -2.47. The van der Waals surface area contributed by atoms with Crippen molar-refractivity contribution in [1.82, 2.24) is 10.6 Å². The van der Waals surface area contributed by atoms with Crippen molar-refractivity contribution < 1.29 is 19.5 Å². The van der Waals surface area contributed by atoms with Gasteiger partial charge in [0.15, 0.2) is 0 Å². The Balaban J connectivity index is 1.48. The van der Waals surface area contributed by atoms with Crippen molar-refractivity contribution in [2.24, 2.45) is 10.7 Å². The molecule has 3 atom stereocenters. The van der Waals surface area contributed by atoms with Gasteiger partial charge in [-0.15, -0.1) is 11.3 Å². The lowest BCUT2D eigenvalue weighted by Gasteiger charge is -2.23. The summed E-state index contributed by atoms with van der Waals surface area (Å²) in [6, 6.07) is 7.16. The van der Waals surface area contributed by atoms with Gasteiger partial charge in [-0.1, -0.05) is 35.9 Å². The predicted molar refractivity (Wildman–Crippen MR) is 113 cm³/mol. The van der Waals surface area contributed by atoms with Crippen LogP contribution in [0, 0.1) is 0 Å². The quantitative estimate of drug-likeness (QED) is 0.536. The number of hydrogen-bond acceptors (Lipinski definition) is 6. The lowest BCUT2D eigenvalue weighted by molar-refractivity contribution is -0.140. The molecule has 1 aromatic heterocycles. The van der Waals surface area contributed by atoms with Crippen LogP contribution in [-0.2, 0) is 27.2 Å². The third-order valence-corrected chi connectivity index (χ3v) is 6.44. The Hall–Kier alpha value is -2.75. The number of carboxylic acid groups (broad SMARTS) is 1. The minimum absolute atomic E-state index is 0.297. The monoisotopic (exact) mass is 446 g/mol. The summed E-state index contributed by atoms with van der Waals surface area (Å²) in [6.45, 7) is 0. The van der Waals surface area contributed by atoms with Crippen LogP contribution in [0.2, 0.25) is 4.34 Å². The number of nitrogens with two attached hydrogens (primary N) is 1. The fourth-order valence-corrected chi connectivity index (χ4v) is 4.96. The van der Waals surface area contributed by atoms with Crippen molar-refractivity contribution in [1.29, 1.82) is 0 Å². The van der Waals surface area contributed by atoms with Crippen molar-refractivity contribution in [3.8, 4) is 0 Å². The Bertz CT molecular complexity index is 1070. The van der Waals surface area contributed by atoms with Crippen LogP contribution < -0.4 is 16.4 Å². The second-order valence-corrected chi connectivity index (χ2v) is 9.04. The number of halogens is 1. The summed E-state index contributed by atoms with van der Waals surface area (Å²) in [7, 11) is 0.